The second kappa shape index (κ2) is 3.65. The molecular weight excluding hydrogens is 197 g/mol. The Morgan fingerprint density at radius 2 is 2.13 bits per heavy atom. The van der Waals surface area contributed by atoms with Crippen LogP contribution >= 0.6 is 0 Å². The molecule has 1 aromatic heterocycles. The molecule has 1 heterocycles. The minimum atomic E-state index is -0.686. The number of nitrogens with zero attached hydrogens (tertiary/aromatic N) is 1. The van der Waals surface area contributed by atoms with Crippen molar-refractivity contribution in [3.05, 3.63) is 41.8 Å². The second-order valence-electron chi connectivity index (χ2n) is 3.00. The number of methoxy groups -OCH3 is 1. The van der Waals surface area contributed by atoms with Gasteiger partial charge in [-0.2, -0.15) is 4.39 Å². The quantitative estimate of drug-likeness (QED) is 0.529. The fourth-order valence-corrected chi connectivity index (χ4v) is 1.42. The fraction of sp³-hybridized carbons (Fsp3) is 0.0909. The molecule has 0 spiro atoms. The van der Waals surface area contributed by atoms with Gasteiger partial charge < -0.3 is 4.74 Å². The Labute approximate surface area is 85.5 Å². The number of pyridine rings is 1. The van der Waals surface area contributed by atoms with Crippen molar-refractivity contribution in [3.8, 4) is 0 Å². The van der Waals surface area contributed by atoms with Gasteiger partial charge in [0.15, 0.2) is 0 Å². The summed E-state index contributed by atoms with van der Waals surface area (Å²) >= 11 is 0. The van der Waals surface area contributed by atoms with Gasteiger partial charge in [0, 0.05) is 11.5 Å². The van der Waals surface area contributed by atoms with E-state index in [1.54, 1.807) is 24.3 Å². The predicted molar refractivity (Wildman–Crippen MR) is 53.0 cm³/mol. The lowest BCUT2D eigenvalue weighted by Gasteiger charge is -2.03. The molecule has 1 aromatic carbocycles. The molecule has 0 amide bonds. The first-order valence-corrected chi connectivity index (χ1v) is 4.36. The number of hydrogen-bond acceptors (Lipinski definition) is 3. The third-order valence-electron chi connectivity index (χ3n) is 2.09. The summed E-state index contributed by atoms with van der Waals surface area (Å²) in [6, 6.07) is 7.91. The molecule has 4 heteroatoms. The van der Waals surface area contributed by atoms with E-state index in [0.29, 0.717) is 10.9 Å². The van der Waals surface area contributed by atoms with Crippen LogP contribution in [0.5, 0.6) is 0 Å². The Balaban J connectivity index is 2.76. The van der Waals surface area contributed by atoms with Gasteiger partial charge in [-0.15, -0.1) is 0 Å². The molecule has 0 aliphatic rings. The maximum Gasteiger partial charge on any atom is 0.338 e. The van der Waals surface area contributed by atoms with Gasteiger partial charge in [0.25, 0.3) is 0 Å². The van der Waals surface area contributed by atoms with Crippen molar-refractivity contribution >= 4 is 16.9 Å². The van der Waals surface area contributed by atoms with Gasteiger partial charge in [-0.1, -0.05) is 18.2 Å². The molecule has 0 unspecified atom stereocenters. The Kier molecular flexibility index (Phi) is 2.33. The number of carbonyl (C=O) groups excluding carboxylic acids is 1. The lowest BCUT2D eigenvalue weighted by molar-refractivity contribution is 0.0602. The highest BCUT2D eigenvalue weighted by molar-refractivity contribution is 6.03. The standard InChI is InChI=1S/C11H8FNO2/c1-15-11(14)8-6-10(12)13-9-5-3-2-4-7(8)9/h2-6H,1H3. The van der Waals surface area contributed by atoms with Crippen LogP contribution in [0.15, 0.2) is 30.3 Å². The molecule has 0 atom stereocenters. The average Bonchev–Trinajstić information content (AvgIpc) is 2.26. The zero-order valence-electron chi connectivity index (χ0n) is 8.03. The smallest absolute Gasteiger partial charge is 0.338 e. The van der Waals surface area contributed by atoms with Crippen LogP contribution in [0.1, 0.15) is 10.4 Å². The molecule has 0 aliphatic heterocycles. The highest BCUT2D eigenvalue weighted by Gasteiger charge is 2.12. The first-order chi connectivity index (χ1) is 7.22. The topological polar surface area (TPSA) is 39.2 Å². The van der Waals surface area contributed by atoms with Crippen LogP contribution in [0.3, 0.4) is 0 Å². The maximum atomic E-state index is 13.1. The van der Waals surface area contributed by atoms with Crippen molar-refractivity contribution < 1.29 is 13.9 Å². The Bertz CT molecular complexity index is 525. The van der Waals surface area contributed by atoms with Crippen molar-refractivity contribution in [1.82, 2.24) is 4.98 Å². The van der Waals surface area contributed by atoms with Crippen molar-refractivity contribution in [2.24, 2.45) is 0 Å². The predicted octanol–water partition coefficient (Wildman–Crippen LogP) is 2.16. The molecule has 0 fully saturated rings. The van der Waals surface area contributed by atoms with Gasteiger partial charge in [-0.3, -0.25) is 0 Å². The normalized spacial score (nSPS) is 10.3. The lowest BCUT2D eigenvalue weighted by Crippen LogP contribution is -2.03. The third kappa shape index (κ3) is 1.66. The van der Waals surface area contributed by atoms with E-state index in [4.69, 9.17) is 0 Å². The van der Waals surface area contributed by atoms with Crippen LogP contribution in [0.4, 0.5) is 4.39 Å². The zero-order valence-corrected chi connectivity index (χ0v) is 8.03. The van der Waals surface area contributed by atoms with E-state index < -0.39 is 11.9 Å². The number of fused-ring (bicyclic) bond motifs is 1. The molecule has 2 rings (SSSR count). The molecule has 15 heavy (non-hydrogen) atoms. The Hall–Kier alpha value is -1.97. The molecule has 0 radical (unpaired) electrons. The number of para-hydroxylation sites is 1. The lowest BCUT2D eigenvalue weighted by atomic mass is 10.1. The monoisotopic (exact) mass is 205 g/mol. The summed E-state index contributed by atoms with van der Waals surface area (Å²) in [7, 11) is 1.26. The summed E-state index contributed by atoms with van der Waals surface area (Å²) in [5.41, 5.74) is 0.638. The molecule has 0 aliphatic carbocycles. The summed E-state index contributed by atoms with van der Waals surface area (Å²) in [5, 5.41) is 0.589. The van der Waals surface area contributed by atoms with Crippen LogP contribution in [0.2, 0.25) is 0 Å². The number of carbonyl (C=O) groups is 1. The average molecular weight is 205 g/mol. The fourth-order valence-electron chi connectivity index (χ4n) is 1.42. The Morgan fingerprint density at radius 1 is 1.40 bits per heavy atom. The van der Waals surface area contributed by atoms with E-state index in [0.717, 1.165) is 6.07 Å². The molecule has 0 saturated carbocycles. The number of benzene rings is 1. The Morgan fingerprint density at radius 3 is 2.87 bits per heavy atom. The highest BCUT2D eigenvalue weighted by atomic mass is 19.1. The summed E-state index contributed by atoms with van der Waals surface area (Å²) in [6.07, 6.45) is 0. The number of esters is 1. The van der Waals surface area contributed by atoms with E-state index >= 15 is 0 Å². The van der Waals surface area contributed by atoms with Crippen molar-refractivity contribution in [1.29, 1.82) is 0 Å². The molecule has 0 N–H and O–H groups in total. The van der Waals surface area contributed by atoms with E-state index in [2.05, 4.69) is 9.72 Å². The van der Waals surface area contributed by atoms with Crippen LogP contribution in [-0.4, -0.2) is 18.1 Å². The highest BCUT2D eigenvalue weighted by Crippen LogP contribution is 2.18. The van der Waals surface area contributed by atoms with Gasteiger partial charge in [-0.25, -0.2) is 9.78 Å². The molecule has 3 nitrogen and oxygen atoms in total. The summed E-state index contributed by atoms with van der Waals surface area (Å²) in [6.45, 7) is 0. The number of ether oxygens (including phenoxy) is 1. The molecule has 0 saturated heterocycles. The van der Waals surface area contributed by atoms with Crippen LogP contribution in [0, 0.1) is 5.95 Å². The molecule has 2 aromatic rings. The van der Waals surface area contributed by atoms with Gasteiger partial charge in [0.2, 0.25) is 5.95 Å². The summed E-state index contributed by atoms with van der Waals surface area (Å²) in [5.74, 6) is -1.25. The van der Waals surface area contributed by atoms with E-state index in [-0.39, 0.29) is 5.56 Å². The minimum Gasteiger partial charge on any atom is -0.465 e. The van der Waals surface area contributed by atoms with Crippen molar-refractivity contribution in [3.63, 3.8) is 0 Å². The molecule has 0 bridgehead atoms. The van der Waals surface area contributed by atoms with Gasteiger partial charge >= 0.3 is 5.97 Å². The number of hydrogen-bond donors (Lipinski definition) is 0. The number of halogens is 1. The van der Waals surface area contributed by atoms with Crippen LogP contribution < -0.4 is 0 Å². The maximum absolute atomic E-state index is 13.1. The number of rotatable bonds is 1. The number of aromatic nitrogens is 1. The van der Waals surface area contributed by atoms with Crippen LogP contribution in [-0.2, 0) is 4.74 Å². The first-order valence-electron chi connectivity index (χ1n) is 4.36. The van der Waals surface area contributed by atoms with Gasteiger partial charge in [0.1, 0.15) is 0 Å². The summed E-state index contributed by atoms with van der Waals surface area (Å²) in [4.78, 5) is 15.0. The third-order valence-corrected chi connectivity index (χ3v) is 2.09. The van der Waals surface area contributed by atoms with E-state index in [9.17, 15) is 9.18 Å². The van der Waals surface area contributed by atoms with E-state index in [1.807, 2.05) is 0 Å². The van der Waals surface area contributed by atoms with E-state index in [1.165, 1.54) is 7.11 Å². The van der Waals surface area contributed by atoms with Crippen molar-refractivity contribution in [2.75, 3.05) is 7.11 Å². The summed E-state index contributed by atoms with van der Waals surface area (Å²) < 4.78 is 17.6. The van der Waals surface area contributed by atoms with Gasteiger partial charge in [0.05, 0.1) is 18.2 Å². The minimum absolute atomic E-state index is 0.195. The molecule has 76 valence electrons. The largest absolute Gasteiger partial charge is 0.465 e. The molecular formula is C11H8FNO2. The SMILES string of the molecule is COC(=O)c1cc(F)nc2ccccc12. The zero-order chi connectivity index (χ0) is 10.8. The van der Waals surface area contributed by atoms with Crippen molar-refractivity contribution in [2.45, 2.75) is 0 Å². The first kappa shape index (κ1) is 9.58. The van der Waals surface area contributed by atoms with Crippen LogP contribution in [0.25, 0.3) is 10.9 Å². The van der Waals surface area contributed by atoms with Gasteiger partial charge in [-0.05, 0) is 6.07 Å². The second-order valence-corrected chi connectivity index (χ2v) is 3.00.